The van der Waals surface area contributed by atoms with Crippen LogP contribution < -0.4 is 10.6 Å². The molecule has 0 aliphatic rings. The van der Waals surface area contributed by atoms with Crippen molar-refractivity contribution in [2.45, 2.75) is 6.92 Å². The minimum Gasteiger partial charge on any atom is -0.343 e. The Labute approximate surface area is 157 Å². The van der Waals surface area contributed by atoms with Crippen molar-refractivity contribution in [1.29, 1.82) is 0 Å². The van der Waals surface area contributed by atoms with Crippen LogP contribution in [0.3, 0.4) is 0 Å². The Bertz CT molecular complexity index is 1010. The molecule has 0 unspecified atom stereocenters. The summed E-state index contributed by atoms with van der Waals surface area (Å²) >= 11 is 0. The van der Waals surface area contributed by atoms with Crippen molar-refractivity contribution in [1.82, 2.24) is 15.1 Å². The van der Waals surface area contributed by atoms with Crippen molar-refractivity contribution in [3.05, 3.63) is 77.6 Å². The number of rotatable bonds is 5. The molecule has 0 saturated carbocycles. The minimum absolute atomic E-state index is 0.140. The van der Waals surface area contributed by atoms with Gasteiger partial charge in [0.15, 0.2) is 0 Å². The maximum atomic E-state index is 12.2. The Kier molecular flexibility index (Phi) is 5.33. The lowest BCUT2D eigenvalue weighted by Gasteiger charge is -2.08. The smallest absolute Gasteiger partial charge is 0.251 e. The molecule has 6 heteroatoms. The quantitative estimate of drug-likeness (QED) is 0.688. The molecule has 1 aromatic heterocycles. The molecule has 0 atom stereocenters. The highest BCUT2D eigenvalue weighted by atomic mass is 16.2. The van der Waals surface area contributed by atoms with Gasteiger partial charge in [0, 0.05) is 28.7 Å². The van der Waals surface area contributed by atoms with Crippen LogP contribution in [0.2, 0.25) is 0 Å². The Balaban J connectivity index is 1.56. The summed E-state index contributed by atoms with van der Waals surface area (Å²) in [5.41, 5.74) is 3.58. The zero-order valence-electron chi connectivity index (χ0n) is 14.8. The van der Waals surface area contributed by atoms with Gasteiger partial charge >= 0.3 is 0 Å². The van der Waals surface area contributed by atoms with Crippen molar-refractivity contribution in [2.75, 3.05) is 11.9 Å². The average molecular weight is 358 g/mol. The van der Waals surface area contributed by atoms with E-state index in [1.165, 1.54) is 0 Å². The minimum atomic E-state index is -0.332. The third-order valence-electron chi connectivity index (χ3n) is 3.93. The second-order valence-electron chi connectivity index (χ2n) is 5.89. The largest absolute Gasteiger partial charge is 0.343 e. The van der Waals surface area contributed by atoms with Gasteiger partial charge in [-0.05, 0) is 55.5 Å². The standard InChI is InChI=1S/C21H18N4O2/c1-3-16-5-4-6-18(13-16)24-20(26)14-22-21(27)17-7-9-19(10-8-17)25-15(2)11-12-23-25/h1,4-13H,14H2,2H3,(H,22,27)(H,24,26). The van der Waals surface area contributed by atoms with E-state index >= 15 is 0 Å². The average Bonchev–Trinajstić information content (AvgIpc) is 3.12. The molecule has 2 aromatic carbocycles. The summed E-state index contributed by atoms with van der Waals surface area (Å²) in [4.78, 5) is 24.2. The molecule has 6 nitrogen and oxygen atoms in total. The van der Waals surface area contributed by atoms with Crippen LogP contribution >= 0.6 is 0 Å². The molecule has 2 amide bonds. The Morgan fingerprint density at radius 2 is 1.93 bits per heavy atom. The molecule has 3 rings (SSSR count). The third kappa shape index (κ3) is 4.41. The normalized spacial score (nSPS) is 10.1. The van der Waals surface area contributed by atoms with Crippen LogP contribution in [0.15, 0.2) is 60.8 Å². The molecule has 3 aromatic rings. The summed E-state index contributed by atoms with van der Waals surface area (Å²) in [5.74, 6) is 1.84. The van der Waals surface area contributed by atoms with Crippen LogP contribution in [0.1, 0.15) is 21.6 Å². The number of benzene rings is 2. The highest BCUT2D eigenvalue weighted by molar-refractivity contribution is 5.99. The van der Waals surface area contributed by atoms with Gasteiger partial charge in [-0.25, -0.2) is 4.68 Å². The van der Waals surface area contributed by atoms with E-state index < -0.39 is 0 Å². The van der Waals surface area contributed by atoms with Gasteiger partial charge in [-0.1, -0.05) is 12.0 Å². The lowest BCUT2D eigenvalue weighted by molar-refractivity contribution is -0.115. The first kappa shape index (κ1) is 18.0. The first-order valence-corrected chi connectivity index (χ1v) is 8.32. The summed E-state index contributed by atoms with van der Waals surface area (Å²) in [6, 6.07) is 15.9. The SMILES string of the molecule is C#Cc1cccc(NC(=O)CNC(=O)c2ccc(-n3nccc3C)cc2)c1. The van der Waals surface area contributed by atoms with Crippen molar-refractivity contribution < 1.29 is 9.59 Å². The molecular formula is C21H18N4O2. The molecule has 0 fully saturated rings. The van der Waals surface area contributed by atoms with Crippen molar-refractivity contribution in [3.8, 4) is 18.0 Å². The molecule has 27 heavy (non-hydrogen) atoms. The first-order valence-electron chi connectivity index (χ1n) is 8.32. The fourth-order valence-electron chi connectivity index (χ4n) is 2.55. The summed E-state index contributed by atoms with van der Waals surface area (Å²) < 4.78 is 1.78. The van der Waals surface area contributed by atoms with Crippen molar-refractivity contribution >= 4 is 17.5 Å². The zero-order chi connectivity index (χ0) is 19.2. The lowest BCUT2D eigenvalue weighted by Crippen LogP contribution is -2.32. The second-order valence-corrected chi connectivity index (χ2v) is 5.89. The highest BCUT2D eigenvalue weighted by Gasteiger charge is 2.09. The molecule has 0 aliphatic carbocycles. The number of terminal acetylenes is 1. The summed E-state index contributed by atoms with van der Waals surface area (Å²) in [6.07, 6.45) is 7.05. The van der Waals surface area contributed by atoms with Gasteiger partial charge in [-0.15, -0.1) is 6.42 Å². The fourth-order valence-corrected chi connectivity index (χ4v) is 2.55. The van der Waals surface area contributed by atoms with Crippen LogP contribution in [-0.2, 0) is 4.79 Å². The van der Waals surface area contributed by atoms with E-state index in [2.05, 4.69) is 21.7 Å². The number of nitrogens with one attached hydrogen (secondary N) is 2. The zero-order valence-corrected chi connectivity index (χ0v) is 14.8. The van der Waals surface area contributed by atoms with Crippen molar-refractivity contribution in [2.24, 2.45) is 0 Å². The van der Waals surface area contributed by atoms with E-state index in [0.29, 0.717) is 16.8 Å². The summed E-state index contributed by atoms with van der Waals surface area (Å²) in [7, 11) is 0. The molecule has 1 heterocycles. The molecule has 0 spiro atoms. The molecule has 134 valence electrons. The monoisotopic (exact) mass is 358 g/mol. The van der Waals surface area contributed by atoms with Gasteiger partial charge in [0.2, 0.25) is 5.91 Å². The number of amides is 2. The maximum Gasteiger partial charge on any atom is 0.251 e. The number of hydrogen-bond donors (Lipinski definition) is 2. The summed E-state index contributed by atoms with van der Waals surface area (Å²) in [6.45, 7) is 1.81. The van der Waals surface area contributed by atoms with Gasteiger partial charge in [0.05, 0.1) is 12.2 Å². The third-order valence-corrected chi connectivity index (χ3v) is 3.93. The van der Waals surface area contributed by atoms with E-state index in [-0.39, 0.29) is 18.4 Å². The van der Waals surface area contributed by atoms with Crippen LogP contribution in [0, 0.1) is 19.3 Å². The lowest BCUT2D eigenvalue weighted by atomic mass is 10.2. The fraction of sp³-hybridized carbons (Fsp3) is 0.0952. The van der Waals surface area contributed by atoms with Gasteiger partial charge in [-0.2, -0.15) is 5.10 Å². The number of carbonyl (C=O) groups excluding carboxylic acids is 2. The van der Waals surface area contributed by atoms with Crippen LogP contribution in [-0.4, -0.2) is 28.1 Å². The number of hydrogen-bond acceptors (Lipinski definition) is 3. The van der Waals surface area contributed by atoms with Gasteiger partial charge in [-0.3, -0.25) is 9.59 Å². The second kappa shape index (κ2) is 8.02. The number of carbonyl (C=O) groups is 2. The molecule has 0 aliphatic heterocycles. The number of nitrogens with zero attached hydrogens (tertiary/aromatic N) is 2. The van der Waals surface area contributed by atoms with Gasteiger partial charge in [0.25, 0.3) is 5.91 Å². The van der Waals surface area contributed by atoms with E-state index in [0.717, 1.165) is 11.4 Å². The molecule has 0 bridgehead atoms. The predicted octanol–water partition coefficient (Wildman–Crippen LogP) is 2.53. The molecule has 2 N–H and O–H groups in total. The van der Waals surface area contributed by atoms with Crippen LogP contribution in [0.5, 0.6) is 0 Å². The number of aromatic nitrogens is 2. The maximum absolute atomic E-state index is 12.2. The summed E-state index contributed by atoms with van der Waals surface area (Å²) in [5, 5.41) is 9.52. The number of aryl methyl sites for hydroxylation is 1. The predicted molar refractivity (Wildman–Crippen MR) is 104 cm³/mol. The first-order chi connectivity index (χ1) is 13.1. The van der Waals surface area contributed by atoms with Gasteiger partial charge < -0.3 is 10.6 Å². The van der Waals surface area contributed by atoms with Gasteiger partial charge in [0.1, 0.15) is 0 Å². The van der Waals surface area contributed by atoms with Crippen LogP contribution in [0.4, 0.5) is 5.69 Å². The topological polar surface area (TPSA) is 76.0 Å². The van der Waals surface area contributed by atoms with E-state index in [4.69, 9.17) is 6.42 Å². The Hall–Kier alpha value is -3.85. The van der Waals surface area contributed by atoms with E-state index in [1.807, 2.05) is 13.0 Å². The number of anilines is 1. The van der Waals surface area contributed by atoms with Crippen LogP contribution in [0.25, 0.3) is 5.69 Å². The van der Waals surface area contributed by atoms with Crippen molar-refractivity contribution in [3.63, 3.8) is 0 Å². The molecular weight excluding hydrogens is 340 g/mol. The van der Waals surface area contributed by atoms with E-state index in [1.54, 1.807) is 59.4 Å². The highest BCUT2D eigenvalue weighted by Crippen LogP contribution is 2.12. The Morgan fingerprint density at radius 1 is 1.15 bits per heavy atom. The Morgan fingerprint density at radius 3 is 2.59 bits per heavy atom. The van der Waals surface area contributed by atoms with E-state index in [9.17, 15) is 9.59 Å². The molecule has 0 radical (unpaired) electrons. The molecule has 0 saturated heterocycles.